The van der Waals surface area contributed by atoms with Crippen LogP contribution in [0.4, 0.5) is 5.69 Å². The van der Waals surface area contributed by atoms with E-state index in [4.69, 9.17) is 5.11 Å². The van der Waals surface area contributed by atoms with Gasteiger partial charge in [0.15, 0.2) is 0 Å². The van der Waals surface area contributed by atoms with E-state index in [1.807, 2.05) is 43.3 Å². The van der Waals surface area contributed by atoms with Crippen molar-refractivity contribution < 1.29 is 14.7 Å². The van der Waals surface area contributed by atoms with E-state index < -0.39 is 12.0 Å². The molecule has 5 nitrogen and oxygen atoms in total. The first-order valence-electron chi connectivity index (χ1n) is 5.79. The molecule has 1 aromatic carbocycles. The second-order valence-electron chi connectivity index (χ2n) is 4.68. The minimum absolute atomic E-state index is 0.210. The molecule has 2 rings (SSSR count). The Balaban J connectivity index is 2.24. The molecule has 2 atom stereocenters. The Bertz CT molecular complexity index is 485. The summed E-state index contributed by atoms with van der Waals surface area (Å²) >= 11 is 0. The minimum atomic E-state index is -0.977. The van der Waals surface area contributed by atoms with Crippen molar-refractivity contribution in [2.75, 3.05) is 19.0 Å². The number of hydrogen-bond donors (Lipinski definition) is 2. The molecule has 0 aromatic heterocycles. The fourth-order valence-electron chi connectivity index (χ4n) is 2.14. The molecule has 0 spiro atoms. The summed E-state index contributed by atoms with van der Waals surface area (Å²) in [5.41, 5.74) is 1.86. The Labute approximate surface area is 105 Å². The zero-order valence-electron chi connectivity index (χ0n) is 10.4. The summed E-state index contributed by atoms with van der Waals surface area (Å²) < 4.78 is 0. The summed E-state index contributed by atoms with van der Waals surface area (Å²) in [5.74, 6) is -1.56. The zero-order valence-corrected chi connectivity index (χ0v) is 10.4. The lowest BCUT2D eigenvalue weighted by molar-refractivity contribution is -0.140. The van der Waals surface area contributed by atoms with Crippen LogP contribution in [0.25, 0.3) is 0 Å². The van der Waals surface area contributed by atoms with Gasteiger partial charge in [0.05, 0.1) is 5.92 Å². The quantitative estimate of drug-likeness (QED) is 0.830. The van der Waals surface area contributed by atoms with Crippen LogP contribution in [0.1, 0.15) is 17.9 Å². The Kier molecular flexibility index (Phi) is 3.23. The summed E-state index contributed by atoms with van der Waals surface area (Å²) in [6.07, 6.45) is 0.311. The second-order valence-corrected chi connectivity index (χ2v) is 4.68. The molecule has 18 heavy (non-hydrogen) atoms. The highest BCUT2D eigenvalue weighted by Gasteiger charge is 2.36. The van der Waals surface area contributed by atoms with Crippen LogP contribution in [0.2, 0.25) is 0 Å². The highest BCUT2D eigenvalue weighted by atomic mass is 16.4. The van der Waals surface area contributed by atoms with Gasteiger partial charge in [0, 0.05) is 19.8 Å². The van der Waals surface area contributed by atoms with Crippen LogP contribution in [0.5, 0.6) is 0 Å². The fraction of sp³-hybridized carbons (Fsp3) is 0.385. The van der Waals surface area contributed by atoms with E-state index in [1.165, 1.54) is 0 Å². The molecule has 1 amide bonds. The predicted octanol–water partition coefficient (Wildman–Crippen LogP) is 0.809. The van der Waals surface area contributed by atoms with Crippen LogP contribution in [0.3, 0.4) is 0 Å². The van der Waals surface area contributed by atoms with Crippen molar-refractivity contribution in [2.45, 2.75) is 18.4 Å². The second kappa shape index (κ2) is 4.68. The molecule has 1 aliphatic heterocycles. The van der Waals surface area contributed by atoms with Crippen molar-refractivity contribution in [3.63, 3.8) is 0 Å². The van der Waals surface area contributed by atoms with Crippen molar-refractivity contribution in [3.8, 4) is 0 Å². The van der Waals surface area contributed by atoms with E-state index in [1.54, 1.807) is 0 Å². The van der Waals surface area contributed by atoms with Gasteiger partial charge in [0.1, 0.15) is 6.04 Å². The SMILES string of the molecule is CN(C)c1cccc([C@@H]2C[C@@H](C(=O)O)NC2=O)c1. The first-order chi connectivity index (χ1) is 8.49. The third-order valence-corrected chi connectivity index (χ3v) is 3.19. The molecule has 1 fully saturated rings. The van der Waals surface area contributed by atoms with Gasteiger partial charge in [-0.2, -0.15) is 0 Å². The van der Waals surface area contributed by atoms with Crippen LogP contribution in [0.15, 0.2) is 24.3 Å². The van der Waals surface area contributed by atoms with Gasteiger partial charge in [-0.1, -0.05) is 12.1 Å². The molecule has 1 saturated heterocycles. The van der Waals surface area contributed by atoms with Gasteiger partial charge in [0.2, 0.25) is 5.91 Å². The van der Waals surface area contributed by atoms with Gasteiger partial charge in [-0.15, -0.1) is 0 Å². The average Bonchev–Trinajstić information content (AvgIpc) is 2.72. The van der Waals surface area contributed by atoms with Crippen molar-refractivity contribution in [1.82, 2.24) is 5.32 Å². The predicted molar refractivity (Wildman–Crippen MR) is 67.7 cm³/mol. The summed E-state index contributed by atoms with van der Waals surface area (Å²) in [4.78, 5) is 24.6. The Morgan fingerprint density at radius 2 is 2.17 bits per heavy atom. The number of carbonyl (C=O) groups excluding carboxylic acids is 1. The molecule has 0 aliphatic carbocycles. The molecule has 2 N–H and O–H groups in total. The summed E-state index contributed by atoms with van der Waals surface area (Å²) in [7, 11) is 3.85. The van der Waals surface area contributed by atoms with Crippen molar-refractivity contribution >= 4 is 17.6 Å². The first kappa shape index (κ1) is 12.4. The average molecular weight is 248 g/mol. The number of nitrogens with zero attached hydrogens (tertiary/aromatic N) is 1. The topological polar surface area (TPSA) is 69.6 Å². The summed E-state index contributed by atoms with van der Waals surface area (Å²) in [6, 6.07) is 6.85. The van der Waals surface area contributed by atoms with Crippen LogP contribution < -0.4 is 10.2 Å². The van der Waals surface area contributed by atoms with Gasteiger partial charge in [-0.25, -0.2) is 4.79 Å². The van der Waals surface area contributed by atoms with Gasteiger partial charge in [-0.3, -0.25) is 4.79 Å². The molecule has 1 aromatic rings. The Morgan fingerprint density at radius 1 is 1.44 bits per heavy atom. The normalized spacial score (nSPS) is 22.7. The largest absolute Gasteiger partial charge is 0.480 e. The fourth-order valence-corrected chi connectivity index (χ4v) is 2.14. The molecule has 1 heterocycles. The Morgan fingerprint density at radius 3 is 2.72 bits per heavy atom. The Hall–Kier alpha value is -2.04. The molecule has 96 valence electrons. The van der Waals surface area contributed by atoms with E-state index in [0.717, 1.165) is 11.3 Å². The number of nitrogens with one attached hydrogen (secondary N) is 1. The standard InChI is InChI=1S/C13H16N2O3/c1-15(2)9-5-3-4-8(6-9)10-7-11(13(17)18)14-12(10)16/h3-6,10-11H,7H2,1-2H3,(H,14,16)(H,17,18)/t10-,11-/m0/s1. The zero-order chi connectivity index (χ0) is 13.3. The molecule has 5 heteroatoms. The minimum Gasteiger partial charge on any atom is -0.480 e. The lowest BCUT2D eigenvalue weighted by Crippen LogP contribution is -2.32. The van der Waals surface area contributed by atoms with Gasteiger partial charge < -0.3 is 15.3 Å². The van der Waals surface area contributed by atoms with E-state index in [0.29, 0.717) is 6.42 Å². The number of carboxylic acid groups (broad SMARTS) is 1. The number of carboxylic acids is 1. The smallest absolute Gasteiger partial charge is 0.326 e. The van der Waals surface area contributed by atoms with Crippen LogP contribution >= 0.6 is 0 Å². The number of amides is 1. The monoisotopic (exact) mass is 248 g/mol. The third kappa shape index (κ3) is 2.30. The molecular weight excluding hydrogens is 232 g/mol. The van der Waals surface area contributed by atoms with Crippen molar-refractivity contribution in [2.24, 2.45) is 0 Å². The van der Waals surface area contributed by atoms with E-state index >= 15 is 0 Å². The maximum Gasteiger partial charge on any atom is 0.326 e. The van der Waals surface area contributed by atoms with E-state index in [-0.39, 0.29) is 11.8 Å². The van der Waals surface area contributed by atoms with E-state index in [9.17, 15) is 9.59 Å². The van der Waals surface area contributed by atoms with Gasteiger partial charge in [0.25, 0.3) is 0 Å². The van der Waals surface area contributed by atoms with Crippen molar-refractivity contribution in [1.29, 1.82) is 0 Å². The number of benzene rings is 1. The van der Waals surface area contributed by atoms with E-state index in [2.05, 4.69) is 5.32 Å². The number of aliphatic carboxylic acids is 1. The number of rotatable bonds is 3. The lowest BCUT2D eigenvalue weighted by Gasteiger charge is -2.15. The van der Waals surface area contributed by atoms with Gasteiger partial charge >= 0.3 is 5.97 Å². The molecular formula is C13H16N2O3. The number of hydrogen-bond acceptors (Lipinski definition) is 3. The molecule has 0 unspecified atom stereocenters. The maximum atomic E-state index is 11.8. The van der Waals surface area contributed by atoms with Gasteiger partial charge in [-0.05, 0) is 24.1 Å². The van der Waals surface area contributed by atoms with Crippen LogP contribution in [-0.2, 0) is 9.59 Å². The molecule has 1 aliphatic rings. The third-order valence-electron chi connectivity index (χ3n) is 3.19. The molecule has 0 bridgehead atoms. The highest BCUT2D eigenvalue weighted by molar-refractivity contribution is 5.92. The van der Waals surface area contributed by atoms with Crippen LogP contribution in [0, 0.1) is 0 Å². The summed E-state index contributed by atoms with van der Waals surface area (Å²) in [6.45, 7) is 0. The number of anilines is 1. The van der Waals surface area contributed by atoms with Crippen LogP contribution in [-0.4, -0.2) is 37.1 Å². The molecule has 0 radical (unpaired) electrons. The first-order valence-corrected chi connectivity index (χ1v) is 5.79. The molecule has 0 saturated carbocycles. The van der Waals surface area contributed by atoms with Crippen molar-refractivity contribution in [3.05, 3.63) is 29.8 Å². The number of carbonyl (C=O) groups is 2. The maximum absolute atomic E-state index is 11.8. The lowest BCUT2D eigenvalue weighted by atomic mass is 9.95. The summed E-state index contributed by atoms with van der Waals surface area (Å²) in [5, 5.41) is 11.4. The highest BCUT2D eigenvalue weighted by Crippen LogP contribution is 2.29.